The Morgan fingerprint density at radius 3 is 2.31 bits per heavy atom. The molecule has 1 unspecified atom stereocenters. The van der Waals surface area contributed by atoms with Gasteiger partial charge in [0.25, 0.3) is 0 Å². The first-order chi connectivity index (χ1) is 5.72. The van der Waals surface area contributed by atoms with Gasteiger partial charge >= 0.3 is 18.9 Å². The Hall–Kier alpha value is -0.533. The van der Waals surface area contributed by atoms with Gasteiger partial charge in [-0.3, -0.25) is 0 Å². The molecule has 0 heterocycles. The van der Waals surface area contributed by atoms with Crippen molar-refractivity contribution in [2.24, 2.45) is 0 Å². The van der Waals surface area contributed by atoms with Crippen LogP contribution in [0.1, 0.15) is 5.56 Å². The van der Waals surface area contributed by atoms with Crippen molar-refractivity contribution >= 4 is 17.4 Å². The molecular weight excluding hydrogens is 183 g/mol. The van der Waals surface area contributed by atoms with Crippen molar-refractivity contribution in [1.29, 1.82) is 0 Å². The molecule has 1 rings (SSSR count). The van der Waals surface area contributed by atoms with Crippen LogP contribution in [0.5, 0.6) is 5.75 Å². The minimum atomic E-state index is -2.50. The molecule has 0 bridgehead atoms. The van der Waals surface area contributed by atoms with E-state index >= 15 is 0 Å². The van der Waals surface area contributed by atoms with Crippen LogP contribution < -0.4 is 23.0 Å². The van der Waals surface area contributed by atoms with Gasteiger partial charge in [-0.2, -0.15) is 0 Å². The van der Waals surface area contributed by atoms with Crippen LogP contribution in [0.15, 0.2) is 30.8 Å². The molecule has 3 nitrogen and oxygen atoms in total. The first kappa shape index (κ1) is 12.5. The Balaban J connectivity index is 0.00000144. The van der Waals surface area contributed by atoms with Crippen molar-refractivity contribution < 1.29 is 31.8 Å². The maximum atomic E-state index is 10.1. The summed E-state index contributed by atoms with van der Waals surface area (Å²) in [4.78, 5) is 0. The van der Waals surface area contributed by atoms with Crippen LogP contribution >= 0.6 is 0 Å². The Bertz CT molecular complexity index is 297. The van der Waals surface area contributed by atoms with E-state index in [1.165, 1.54) is 0 Å². The molecule has 0 aliphatic heterocycles. The topological polar surface area (TPSA) is 49.4 Å². The van der Waals surface area contributed by atoms with Gasteiger partial charge in [-0.15, -0.1) is 0 Å². The summed E-state index contributed by atoms with van der Waals surface area (Å²) in [6.07, 6.45) is 1.66. The third kappa shape index (κ3) is 4.30. The van der Waals surface area contributed by atoms with E-state index in [9.17, 15) is 8.76 Å². The van der Waals surface area contributed by atoms with E-state index in [2.05, 4.69) is 10.8 Å². The molecule has 0 aromatic heterocycles. The first-order valence-corrected chi connectivity index (χ1v) is 4.22. The summed E-state index contributed by atoms with van der Waals surface area (Å²) in [5.74, 6) is 0.300. The van der Waals surface area contributed by atoms with Crippen molar-refractivity contribution in [3.05, 3.63) is 36.4 Å². The molecule has 0 amide bonds. The summed E-state index contributed by atoms with van der Waals surface area (Å²) in [6, 6.07) is 6.56. The molecule has 0 N–H and O–H groups in total. The summed E-state index contributed by atoms with van der Waals surface area (Å²) in [5.41, 5.74) is 0.916. The Kier molecular flexibility index (Phi) is 5.76. The molecule has 0 fully saturated rings. The monoisotopic (exact) mass is 190 g/mol. The number of benzene rings is 1. The number of rotatable bonds is 3. The maximum Gasteiger partial charge on any atom is 1.00 e. The van der Waals surface area contributed by atoms with Crippen LogP contribution in [0.25, 0.3) is 6.08 Å². The number of hydrogen-bond donors (Lipinski definition) is 0. The molecule has 0 radical (unpaired) electrons. The molecule has 5 heteroatoms. The van der Waals surface area contributed by atoms with E-state index in [1.54, 1.807) is 30.3 Å². The molecule has 0 aliphatic carbocycles. The van der Waals surface area contributed by atoms with Crippen molar-refractivity contribution in [3.8, 4) is 5.75 Å². The average Bonchev–Trinajstić information content (AvgIpc) is 2.05. The zero-order valence-corrected chi connectivity index (χ0v) is 8.04. The molecule has 1 aromatic carbocycles. The molecule has 0 saturated carbocycles. The SMILES string of the molecule is C=Cc1ccc(OS(=O)[O-])cc1.[Li+]. The summed E-state index contributed by atoms with van der Waals surface area (Å²) >= 11 is -2.50. The van der Waals surface area contributed by atoms with Crippen LogP contribution in [-0.4, -0.2) is 8.76 Å². The van der Waals surface area contributed by atoms with Gasteiger partial charge in [-0.25, -0.2) is 4.21 Å². The second kappa shape index (κ2) is 6.00. The van der Waals surface area contributed by atoms with E-state index in [1.807, 2.05) is 0 Å². The summed E-state index contributed by atoms with van der Waals surface area (Å²) in [5, 5.41) is 0. The zero-order chi connectivity index (χ0) is 8.97. The third-order valence-electron chi connectivity index (χ3n) is 1.28. The standard InChI is InChI=1S/C8H8O3S.Li/c1-2-7-3-5-8(6-4-7)11-12(9)10;/h2-6H,1H2,(H,9,10);/q;+1/p-1. The van der Waals surface area contributed by atoms with E-state index in [0.29, 0.717) is 5.75 Å². The molecule has 0 aliphatic rings. The molecule has 13 heavy (non-hydrogen) atoms. The number of hydrogen-bond acceptors (Lipinski definition) is 3. The Morgan fingerprint density at radius 1 is 1.38 bits per heavy atom. The fraction of sp³-hybridized carbons (Fsp3) is 0. The van der Waals surface area contributed by atoms with Gasteiger partial charge in [0.05, 0.1) is 0 Å². The fourth-order valence-corrected chi connectivity index (χ4v) is 1.01. The second-order valence-corrected chi connectivity index (χ2v) is 2.64. The first-order valence-electron chi connectivity index (χ1n) is 3.22. The zero-order valence-electron chi connectivity index (χ0n) is 7.23. The van der Waals surface area contributed by atoms with E-state index in [-0.39, 0.29) is 18.9 Å². The van der Waals surface area contributed by atoms with E-state index in [4.69, 9.17) is 0 Å². The fourth-order valence-electron chi connectivity index (χ4n) is 0.738. The van der Waals surface area contributed by atoms with E-state index in [0.717, 1.165) is 5.56 Å². The summed E-state index contributed by atoms with van der Waals surface area (Å²) < 4.78 is 24.6. The van der Waals surface area contributed by atoms with Gasteiger partial charge in [-0.1, -0.05) is 24.8 Å². The van der Waals surface area contributed by atoms with Gasteiger partial charge in [0.2, 0.25) is 0 Å². The molecule has 0 saturated heterocycles. The Labute approximate surface area is 91.5 Å². The average molecular weight is 190 g/mol. The normalized spacial score (nSPS) is 11.2. The molecule has 0 spiro atoms. The smallest absolute Gasteiger partial charge is 0.740 e. The van der Waals surface area contributed by atoms with Gasteiger partial charge in [0.1, 0.15) is 17.1 Å². The van der Waals surface area contributed by atoms with Gasteiger partial charge in [0, 0.05) is 0 Å². The van der Waals surface area contributed by atoms with Crippen LogP contribution in [0.2, 0.25) is 0 Å². The predicted octanol–water partition coefficient (Wildman–Crippen LogP) is -1.49. The van der Waals surface area contributed by atoms with E-state index < -0.39 is 11.4 Å². The van der Waals surface area contributed by atoms with Crippen molar-refractivity contribution in [1.82, 2.24) is 0 Å². The second-order valence-electron chi connectivity index (χ2n) is 2.06. The quantitative estimate of drug-likeness (QED) is 0.431. The van der Waals surface area contributed by atoms with Crippen LogP contribution in [-0.2, 0) is 11.4 Å². The third-order valence-corrected chi connectivity index (χ3v) is 1.61. The maximum absolute atomic E-state index is 10.1. The molecule has 64 valence electrons. The van der Waals surface area contributed by atoms with Crippen molar-refractivity contribution in [3.63, 3.8) is 0 Å². The van der Waals surface area contributed by atoms with Gasteiger partial charge in [-0.05, 0) is 17.7 Å². The van der Waals surface area contributed by atoms with Crippen molar-refractivity contribution in [2.75, 3.05) is 0 Å². The summed E-state index contributed by atoms with van der Waals surface area (Å²) in [7, 11) is 0. The molecule has 1 atom stereocenters. The minimum absolute atomic E-state index is 0. The van der Waals surface area contributed by atoms with Crippen LogP contribution in [0, 0.1) is 0 Å². The Morgan fingerprint density at radius 2 is 1.92 bits per heavy atom. The van der Waals surface area contributed by atoms with Crippen molar-refractivity contribution in [2.45, 2.75) is 0 Å². The minimum Gasteiger partial charge on any atom is -0.740 e. The van der Waals surface area contributed by atoms with Gasteiger partial charge in [0.15, 0.2) is 0 Å². The van der Waals surface area contributed by atoms with Crippen LogP contribution in [0.4, 0.5) is 0 Å². The van der Waals surface area contributed by atoms with Crippen LogP contribution in [0.3, 0.4) is 0 Å². The largest absolute Gasteiger partial charge is 1.00 e. The summed E-state index contributed by atoms with van der Waals surface area (Å²) in [6.45, 7) is 3.56. The molecular formula is C8H7LiO3S. The molecule has 1 aromatic rings. The predicted molar refractivity (Wildman–Crippen MR) is 46.1 cm³/mol. The van der Waals surface area contributed by atoms with Gasteiger partial charge < -0.3 is 8.74 Å².